The summed E-state index contributed by atoms with van der Waals surface area (Å²) < 4.78 is 0. The van der Waals surface area contributed by atoms with Crippen molar-refractivity contribution in [3.63, 3.8) is 0 Å². The third-order valence-electron chi connectivity index (χ3n) is 5.41. The Morgan fingerprint density at radius 1 is 1.00 bits per heavy atom. The molecular formula is C20H31N3O. The van der Waals surface area contributed by atoms with E-state index in [1.54, 1.807) is 0 Å². The second-order valence-electron chi connectivity index (χ2n) is 7.31. The third-order valence-corrected chi connectivity index (χ3v) is 5.41. The first-order valence-corrected chi connectivity index (χ1v) is 9.61. The summed E-state index contributed by atoms with van der Waals surface area (Å²) in [4.78, 5) is 17.1. The number of carbonyl (C=O) groups is 1. The second-order valence-corrected chi connectivity index (χ2v) is 7.31. The van der Waals surface area contributed by atoms with Crippen molar-refractivity contribution in [1.29, 1.82) is 0 Å². The number of likely N-dealkylation sites (tertiary alicyclic amines) is 1. The maximum absolute atomic E-state index is 12.3. The van der Waals surface area contributed by atoms with Crippen LogP contribution in [0.4, 0.5) is 11.4 Å². The molecule has 0 unspecified atom stereocenters. The third kappa shape index (κ3) is 4.73. The predicted octanol–water partition coefficient (Wildman–Crippen LogP) is 3.88. The highest BCUT2D eigenvalue weighted by Gasteiger charge is 2.20. The van der Waals surface area contributed by atoms with Gasteiger partial charge in [0.2, 0.25) is 5.91 Å². The number of amides is 1. The molecule has 0 aromatic heterocycles. The van der Waals surface area contributed by atoms with Crippen LogP contribution in [0.15, 0.2) is 24.3 Å². The van der Waals surface area contributed by atoms with Gasteiger partial charge in [-0.3, -0.25) is 9.69 Å². The summed E-state index contributed by atoms with van der Waals surface area (Å²) in [5, 5.41) is 3.05. The smallest absolute Gasteiger partial charge is 0.238 e. The van der Waals surface area contributed by atoms with E-state index in [-0.39, 0.29) is 5.91 Å². The average Bonchev–Trinajstić information content (AvgIpc) is 2.87. The van der Waals surface area contributed by atoms with Gasteiger partial charge in [-0.1, -0.05) is 19.3 Å². The number of piperidine rings is 1. The van der Waals surface area contributed by atoms with Crippen molar-refractivity contribution in [2.24, 2.45) is 0 Å². The molecule has 0 spiro atoms. The van der Waals surface area contributed by atoms with Crippen LogP contribution >= 0.6 is 0 Å². The molecule has 2 aliphatic rings. The minimum atomic E-state index is 0.103. The molecule has 4 nitrogen and oxygen atoms in total. The van der Waals surface area contributed by atoms with E-state index in [4.69, 9.17) is 0 Å². The van der Waals surface area contributed by atoms with Crippen molar-refractivity contribution in [3.8, 4) is 0 Å². The lowest BCUT2D eigenvalue weighted by molar-refractivity contribution is -0.118. The summed E-state index contributed by atoms with van der Waals surface area (Å²) in [6, 6.07) is 8.89. The highest BCUT2D eigenvalue weighted by molar-refractivity contribution is 5.92. The van der Waals surface area contributed by atoms with Crippen LogP contribution in [-0.2, 0) is 4.79 Å². The lowest BCUT2D eigenvalue weighted by Gasteiger charge is -2.32. The summed E-state index contributed by atoms with van der Waals surface area (Å²) >= 11 is 0. The Kier molecular flexibility index (Phi) is 6.13. The van der Waals surface area contributed by atoms with E-state index in [2.05, 4.69) is 34.2 Å². The van der Waals surface area contributed by atoms with Gasteiger partial charge < -0.3 is 10.2 Å². The van der Waals surface area contributed by atoms with Gasteiger partial charge in [-0.05, 0) is 63.4 Å². The zero-order valence-corrected chi connectivity index (χ0v) is 15.0. The van der Waals surface area contributed by atoms with Crippen molar-refractivity contribution in [1.82, 2.24) is 4.90 Å². The lowest BCUT2D eigenvalue weighted by atomic mass is 10.0. The van der Waals surface area contributed by atoms with E-state index in [1.165, 1.54) is 50.6 Å². The van der Waals surface area contributed by atoms with Gasteiger partial charge in [0.05, 0.1) is 6.54 Å². The summed E-state index contributed by atoms with van der Waals surface area (Å²) in [5.41, 5.74) is 2.18. The van der Waals surface area contributed by atoms with Crippen molar-refractivity contribution in [3.05, 3.63) is 24.3 Å². The maximum Gasteiger partial charge on any atom is 0.238 e. The van der Waals surface area contributed by atoms with Crippen LogP contribution in [0.2, 0.25) is 0 Å². The fourth-order valence-electron chi connectivity index (χ4n) is 3.86. The normalized spacial score (nSPS) is 22.9. The van der Waals surface area contributed by atoms with Gasteiger partial charge in [-0.2, -0.15) is 0 Å². The monoisotopic (exact) mass is 329 g/mol. The van der Waals surface area contributed by atoms with Gasteiger partial charge in [0.15, 0.2) is 0 Å². The summed E-state index contributed by atoms with van der Waals surface area (Å²) in [7, 11) is 0. The van der Waals surface area contributed by atoms with E-state index in [0.29, 0.717) is 12.6 Å². The Labute approximate surface area is 146 Å². The number of benzene rings is 1. The predicted molar refractivity (Wildman–Crippen MR) is 101 cm³/mol. The molecule has 24 heavy (non-hydrogen) atoms. The molecule has 1 amide bonds. The molecule has 2 fully saturated rings. The number of anilines is 2. The molecule has 132 valence electrons. The molecule has 1 aromatic carbocycles. The van der Waals surface area contributed by atoms with Crippen molar-refractivity contribution < 1.29 is 4.79 Å². The minimum absolute atomic E-state index is 0.103. The fourth-order valence-corrected chi connectivity index (χ4v) is 3.86. The quantitative estimate of drug-likeness (QED) is 0.910. The van der Waals surface area contributed by atoms with Crippen LogP contribution < -0.4 is 10.2 Å². The summed E-state index contributed by atoms with van der Waals surface area (Å²) in [6.45, 7) is 6.08. The van der Waals surface area contributed by atoms with E-state index in [1.807, 2.05) is 12.1 Å². The summed E-state index contributed by atoms with van der Waals surface area (Å²) in [6.07, 6.45) is 8.97. The number of carbonyl (C=O) groups excluding carboxylic acids is 1. The molecule has 0 radical (unpaired) electrons. The lowest BCUT2D eigenvalue weighted by Crippen LogP contribution is -2.42. The first kappa shape index (κ1) is 17.3. The van der Waals surface area contributed by atoms with Crippen LogP contribution in [-0.4, -0.2) is 43.0 Å². The molecule has 3 rings (SSSR count). The maximum atomic E-state index is 12.3. The molecule has 2 heterocycles. The Morgan fingerprint density at radius 3 is 2.33 bits per heavy atom. The van der Waals surface area contributed by atoms with Gasteiger partial charge in [0.25, 0.3) is 0 Å². The molecule has 0 bridgehead atoms. The van der Waals surface area contributed by atoms with Gasteiger partial charge >= 0.3 is 0 Å². The topological polar surface area (TPSA) is 35.6 Å². The van der Waals surface area contributed by atoms with E-state index < -0.39 is 0 Å². The Morgan fingerprint density at radius 2 is 1.67 bits per heavy atom. The van der Waals surface area contributed by atoms with Crippen LogP contribution in [0.5, 0.6) is 0 Å². The molecule has 1 atom stereocenters. The van der Waals surface area contributed by atoms with Gasteiger partial charge in [-0.25, -0.2) is 0 Å². The molecule has 0 aliphatic carbocycles. The standard InChI is InChI=1S/C20H31N3O/c1-17-8-4-7-15-23(17)16-20(24)21-18-9-11-19(12-10-18)22-13-5-2-3-6-14-22/h9-12,17H,2-8,13-16H2,1H3,(H,21,24)/t17-/m0/s1. The number of hydrogen-bond donors (Lipinski definition) is 1. The molecule has 1 N–H and O–H groups in total. The number of nitrogens with zero attached hydrogens (tertiary/aromatic N) is 2. The van der Waals surface area contributed by atoms with Crippen molar-refractivity contribution in [2.45, 2.75) is 57.9 Å². The van der Waals surface area contributed by atoms with Crippen LogP contribution in [0.25, 0.3) is 0 Å². The zero-order chi connectivity index (χ0) is 16.8. The highest BCUT2D eigenvalue weighted by atomic mass is 16.2. The molecule has 4 heteroatoms. The largest absolute Gasteiger partial charge is 0.372 e. The zero-order valence-electron chi connectivity index (χ0n) is 15.0. The van der Waals surface area contributed by atoms with Gasteiger partial charge in [0.1, 0.15) is 0 Å². The van der Waals surface area contributed by atoms with E-state index in [9.17, 15) is 4.79 Å². The number of hydrogen-bond acceptors (Lipinski definition) is 3. The molecule has 2 saturated heterocycles. The Bertz CT molecular complexity index is 520. The van der Waals surface area contributed by atoms with Crippen LogP contribution in [0.1, 0.15) is 51.9 Å². The fraction of sp³-hybridized carbons (Fsp3) is 0.650. The summed E-state index contributed by atoms with van der Waals surface area (Å²) in [5.74, 6) is 0.103. The molecule has 0 saturated carbocycles. The molecule has 2 aliphatic heterocycles. The second kappa shape index (κ2) is 8.52. The number of rotatable bonds is 4. The minimum Gasteiger partial charge on any atom is -0.372 e. The molecule has 1 aromatic rings. The van der Waals surface area contributed by atoms with Crippen LogP contribution in [0, 0.1) is 0 Å². The molecular weight excluding hydrogens is 298 g/mol. The first-order valence-electron chi connectivity index (χ1n) is 9.61. The van der Waals surface area contributed by atoms with Crippen LogP contribution in [0.3, 0.4) is 0 Å². The Balaban J connectivity index is 1.52. The Hall–Kier alpha value is -1.55. The van der Waals surface area contributed by atoms with Gasteiger partial charge in [0, 0.05) is 30.5 Å². The van der Waals surface area contributed by atoms with E-state index in [0.717, 1.165) is 25.3 Å². The van der Waals surface area contributed by atoms with Gasteiger partial charge in [-0.15, -0.1) is 0 Å². The first-order chi connectivity index (χ1) is 11.7. The SMILES string of the molecule is C[C@H]1CCCCN1CC(=O)Nc1ccc(N2CCCCCC2)cc1. The highest BCUT2D eigenvalue weighted by Crippen LogP contribution is 2.22. The van der Waals surface area contributed by atoms with E-state index >= 15 is 0 Å². The average molecular weight is 329 g/mol. The number of nitrogens with one attached hydrogen (secondary N) is 1. The van der Waals surface area contributed by atoms with Crippen molar-refractivity contribution in [2.75, 3.05) is 36.4 Å². The van der Waals surface area contributed by atoms with Crippen molar-refractivity contribution >= 4 is 17.3 Å².